The van der Waals surface area contributed by atoms with Crippen LogP contribution in [0, 0.1) is 5.92 Å². The van der Waals surface area contributed by atoms with Gasteiger partial charge in [-0.2, -0.15) is 0 Å². The fourth-order valence-corrected chi connectivity index (χ4v) is 4.09. The van der Waals surface area contributed by atoms with E-state index >= 15 is 0 Å². The lowest BCUT2D eigenvalue weighted by atomic mass is 10.0. The molecule has 1 fully saturated rings. The van der Waals surface area contributed by atoms with Crippen LogP contribution in [0.3, 0.4) is 0 Å². The molecule has 0 unspecified atom stereocenters. The smallest absolute Gasteiger partial charge is 0.261 e. The molecular weight excluding hydrogens is 370 g/mol. The third kappa shape index (κ3) is 4.33. The highest BCUT2D eigenvalue weighted by molar-refractivity contribution is 6.21. The van der Waals surface area contributed by atoms with E-state index in [2.05, 4.69) is 0 Å². The van der Waals surface area contributed by atoms with Gasteiger partial charge < -0.3 is 9.80 Å². The number of rotatable bonds is 6. The second kappa shape index (κ2) is 9.20. The van der Waals surface area contributed by atoms with Gasteiger partial charge in [0, 0.05) is 45.1 Å². The SMILES string of the molecule is CCC(CC)C(=O)N1CCCN(C(=O)CCN2C(=O)c3ccccc3C2=O)CC1. The van der Waals surface area contributed by atoms with Crippen molar-refractivity contribution in [2.24, 2.45) is 5.92 Å². The molecule has 0 N–H and O–H groups in total. The summed E-state index contributed by atoms with van der Waals surface area (Å²) >= 11 is 0. The first-order valence-corrected chi connectivity index (χ1v) is 10.5. The molecule has 0 aromatic heterocycles. The van der Waals surface area contributed by atoms with E-state index < -0.39 is 0 Å². The maximum atomic E-state index is 12.7. The van der Waals surface area contributed by atoms with Gasteiger partial charge in [-0.3, -0.25) is 24.1 Å². The Kier molecular flexibility index (Phi) is 6.67. The first-order chi connectivity index (χ1) is 14.0. The fourth-order valence-electron chi connectivity index (χ4n) is 4.09. The molecule has 7 nitrogen and oxygen atoms in total. The Bertz CT molecular complexity index is 768. The Morgan fingerprint density at radius 1 is 0.897 bits per heavy atom. The predicted molar refractivity (Wildman–Crippen MR) is 108 cm³/mol. The molecule has 0 spiro atoms. The lowest BCUT2D eigenvalue weighted by Crippen LogP contribution is -2.40. The number of hydrogen-bond acceptors (Lipinski definition) is 4. The second-order valence-corrected chi connectivity index (χ2v) is 7.63. The number of hydrogen-bond donors (Lipinski definition) is 0. The number of benzene rings is 1. The maximum absolute atomic E-state index is 12.7. The van der Waals surface area contributed by atoms with Gasteiger partial charge in [-0.15, -0.1) is 0 Å². The molecule has 156 valence electrons. The molecule has 0 saturated carbocycles. The van der Waals surface area contributed by atoms with Crippen LogP contribution in [0.1, 0.15) is 60.2 Å². The molecule has 1 aromatic rings. The van der Waals surface area contributed by atoms with Gasteiger partial charge in [0.1, 0.15) is 0 Å². The average Bonchev–Trinajstić information content (AvgIpc) is 2.90. The van der Waals surface area contributed by atoms with Crippen molar-refractivity contribution in [3.05, 3.63) is 35.4 Å². The van der Waals surface area contributed by atoms with Gasteiger partial charge in [-0.05, 0) is 31.4 Å². The van der Waals surface area contributed by atoms with E-state index in [1.807, 2.05) is 18.7 Å². The molecule has 0 bridgehead atoms. The van der Waals surface area contributed by atoms with Gasteiger partial charge in [0.05, 0.1) is 11.1 Å². The van der Waals surface area contributed by atoms with Gasteiger partial charge >= 0.3 is 0 Å². The predicted octanol–water partition coefficient (Wildman–Crippen LogP) is 2.17. The van der Waals surface area contributed by atoms with Crippen LogP contribution in [-0.2, 0) is 9.59 Å². The number of amides is 4. The minimum absolute atomic E-state index is 0.0473. The zero-order chi connectivity index (χ0) is 21.0. The second-order valence-electron chi connectivity index (χ2n) is 7.63. The zero-order valence-electron chi connectivity index (χ0n) is 17.2. The summed E-state index contributed by atoms with van der Waals surface area (Å²) < 4.78 is 0. The molecule has 0 aliphatic carbocycles. The Balaban J connectivity index is 1.54. The van der Waals surface area contributed by atoms with Crippen molar-refractivity contribution in [1.29, 1.82) is 0 Å². The quantitative estimate of drug-likeness (QED) is 0.687. The molecule has 29 heavy (non-hydrogen) atoms. The largest absolute Gasteiger partial charge is 0.341 e. The summed E-state index contributed by atoms with van der Waals surface area (Å²) in [4.78, 5) is 54.9. The molecule has 1 aromatic carbocycles. The highest BCUT2D eigenvalue weighted by Gasteiger charge is 2.35. The summed E-state index contributed by atoms with van der Waals surface area (Å²) in [5, 5.41) is 0. The zero-order valence-corrected chi connectivity index (χ0v) is 17.2. The molecule has 3 rings (SSSR count). The van der Waals surface area contributed by atoms with E-state index in [9.17, 15) is 19.2 Å². The highest BCUT2D eigenvalue weighted by Crippen LogP contribution is 2.22. The molecule has 7 heteroatoms. The summed E-state index contributed by atoms with van der Waals surface area (Å²) in [6, 6.07) is 6.73. The third-order valence-corrected chi connectivity index (χ3v) is 5.92. The highest BCUT2D eigenvalue weighted by atomic mass is 16.2. The van der Waals surface area contributed by atoms with Crippen LogP contribution in [0.25, 0.3) is 0 Å². The first kappa shape index (κ1) is 21.0. The molecule has 1 saturated heterocycles. The molecule has 4 amide bonds. The van der Waals surface area contributed by atoms with Gasteiger partial charge in [-0.1, -0.05) is 26.0 Å². The molecule has 2 aliphatic rings. The summed E-state index contributed by atoms with van der Waals surface area (Å²) in [7, 11) is 0. The van der Waals surface area contributed by atoms with E-state index in [1.54, 1.807) is 29.2 Å². The first-order valence-electron chi connectivity index (χ1n) is 10.5. The van der Waals surface area contributed by atoms with Crippen molar-refractivity contribution in [3.63, 3.8) is 0 Å². The fraction of sp³-hybridized carbons (Fsp3) is 0.545. The van der Waals surface area contributed by atoms with E-state index in [-0.39, 0.29) is 42.5 Å². The Morgan fingerprint density at radius 3 is 2.03 bits per heavy atom. The van der Waals surface area contributed by atoms with E-state index in [0.717, 1.165) is 24.2 Å². The van der Waals surface area contributed by atoms with Crippen LogP contribution in [0.5, 0.6) is 0 Å². The van der Waals surface area contributed by atoms with Gasteiger partial charge in [-0.25, -0.2) is 0 Å². The number of imide groups is 1. The monoisotopic (exact) mass is 399 g/mol. The van der Waals surface area contributed by atoms with Crippen LogP contribution in [0.4, 0.5) is 0 Å². The number of nitrogens with zero attached hydrogens (tertiary/aromatic N) is 3. The van der Waals surface area contributed by atoms with Crippen molar-refractivity contribution in [1.82, 2.24) is 14.7 Å². The van der Waals surface area contributed by atoms with Gasteiger partial charge in [0.25, 0.3) is 11.8 Å². The van der Waals surface area contributed by atoms with Crippen LogP contribution < -0.4 is 0 Å². The van der Waals surface area contributed by atoms with Crippen LogP contribution >= 0.6 is 0 Å². The van der Waals surface area contributed by atoms with E-state index in [4.69, 9.17) is 0 Å². The topological polar surface area (TPSA) is 78.0 Å². The summed E-state index contributed by atoms with van der Waals surface area (Å²) in [6.45, 7) is 6.42. The normalized spacial score (nSPS) is 17.0. The Morgan fingerprint density at radius 2 is 1.45 bits per heavy atom. The summed E-state index contributed by atoms with van der Waals surface area (Å²) in [5.74, 6) is -0.535. The molecule has 2 heterocycles. The average molecular weight is 399 g/mol. The van der Waals surface area contributed by atoms with E-state index in [1.165, 1.54) is 0 Å². The minimum Gasteiger partial charge on any atom is -0.341 e. The van der Waals surface area contributed by atoms with Gasteiger partial charge in [0.15, 0.2) is 0 Å². The van der Waals surface area contributed by atoms with Crippen LogP contribution in [-0.4, -0.2) is 71.1 Å². The summed E-state index contributed by atoms with van der Waals surface area (Å²) in [6.07, 6.45) is 2.50. The standard InChI is InChI=1S/C22H29N3O4/c1-3-16(4-2)20(27)24-12-7-11-23(14-15-24)19(26)10-13-25-21(28)17-8-5-6-9-18(17)22(25)29/h5-6,8-9,16H,3-4,7,10-15H2,1-2H3. The molecule has 0 radical (unpaired) electrons. The molecule has 2 aliphatic heterocycles. The molecule has 0 atom stereocenters. The van der Waals surface area contributed by atoms with Crippen LogP contribution in [0.15, 0.2) is 24.3 Å². The van der Waals surface area contributed by atoms with Crippen molar-refractivity contribution in [2.45, 2.75) is 39.5 Å². The van der Waals surface area contributed by atoms with E-state index in [0.29, 0.717) is 37.3 Å². The van der Waals surface area contributed by atoms with Crippen molar-refractivity contribution < 1.29 is 19.2 Å². The van der Waals surface area contributed by atoms with Gasteiger partial charge in [0.2, 0.25) is 11.8 Å². The minimum atomic E-state index is -0.337. The Labute approximate surface area is 171 Å². The lowest BCUT2D eigenvalue weighted by Gasteiger charge is -2.25. The van der Waals surface area contributed by atoms with Crippen molar-refractivity contribution in [3.8, 4) is 0 Å². The number of fused-ring (bicyclic) bond motifs is 1. The van der Waals surface area contributed by atoms with Crippen LogP contribution in [0.2, 0.25) is 0 Å². The van der Waals surface area contributed by atoms with Crippen molar-refractivity contribution in [2.75, 3.05) is 32.7 Å². The maximum Gasteiger partial charge on any atom is 0.261 e. The third-order valence-electron chi connectivity index (χ3n) is 5.92. The number of carbonyl (C=O) groups excluding carboxylic acids is 4. The Hall–Kier alpha value is -2.70. The number of carbonyl (C=O) groups is 4. The summed E-state index contributed by atoms with van der Waals surface area (Å²) in [5.41, 5.74) is 0.797. The lowest BCUT2D eigenvalue weighted by molar-refractivity contribution is -0.136. The van der Waals surface area contributed by atoms with Crippen molar-refractivity contribution >= 4 is 23.6 Å². The molecular formula is C22H29N3O4.